The Morgan fingerprint density at radius 3 is 2.06 bits per heavy atom. The van der Waals surface area contributed by atoms with Crippen LogP contribution in [0, 0.1) is 25.5 Å². The minimum absolute atomic E-state index is 0.263. The van der Waals surface area contributed by atoms with E-state index in [4.69, 9.17) is 5.73 Å². The predicted octanol–water partition coefficient (Wildman–Crippen LogP) is 3.63. The number of nitrogens with two attached hydrogens (primary N) is 1. The standard InChI is InChI=1S/C15H15F2N/c1-9-3-4-12(8-14(9)17)15(18)11-5-6-13(16)10(2)7-11/h3-8,15H,18H2,1-2H3. The average molecular weight is 247 g/mol. The minimum atomic E-state index is -0.445. The summed E-state index contributed by atoms with van der Waals surface area (Å²) in [6.07, 6.45) is 0. The molecule has 0 aromatic heterocycles. The van der Waals surface area contributed by atoms with Crippen LogP contribution in [-0.4, -0.2) is 0 Å². The maximum atomic E-state index is 13.5. The number of hydrogen-bond donors (Lipinski definition) is 1. The fraction of sp³-hybridized carbons (Fsp3) is 0.200. The summed E-state index contributed by atoms with van der Waals surface area (Å²) < 4.78 is 26.7. The van der Waals surface area contributed by atoms with Gasteiger partial charge in [-0.1, -0.05) is 24.3 Å². The second kappa shape index (κ2) is 4.86. The van der Waals surface area contributed by atoms with Gasteiger partial charge >= 0.3 is 0 Å². The van der Waals surface area contributed by atoms with Crippen molar-refractivity contribution in [1.82, 2.24) is 0 Å². The van der Waals surface area contributed by atoms with Crippen LogP contribution in [0.4, 0.5) is 8.78 Å². The van der Waals surface area contributed by atoms with Crippen molar-refractivity contribution in [3.63, 3.8) is 0 Å². The van der Waals surface area contributed by atoms with Crippen molar-refractivity contribution in [3.8, 4) is 0 Å². The second-order valence-electron chi connectivity index (χ2n) is 4.49. The van der Waals surface area contributed by atoms with E-state index in [1.807, 2.05) is 0 Å². The van der Waals surface area contributed by atoms with Crippen LogP contribution in [0.3, 0.4) is 0 Å². The van der Waals surface area contributed by atoms with Gasteiger partial charge in [0.05, 0.1) is 6.04 Å². The van der Waals surface area contributed by atoms with Crippen molar-refractivity contribution >= 4 is 0 Å². The summed E-state index contributed by atoms with van der Waals surface area (Å²) in [7, 11) is 0. The first kappa shape index (κ1) is 12.7. The lowest BCUT2D eigenvalue weighted by molar-refractivity contribution is 0.612. The van der Waals surface area contributed by atoms with Crippen LogP contribution in [0.5, 0.6) is 0 Å². The van der Waals surface area contributed by atoms with Gasteiger partial charge in [0.2, 0.25) is 0 Å². The van der Waals surface area contributed by atoms with E-state index in [-0.39, 0.29) is 11.6 Å². The molecule has 0 radical (unpaired) electrons. The highest BCUT2D eigenvalue weighted by Crippen LogP contribution is 2.23. The molecule has 18 heavy (non-hydrogen) atoms. The molecule has 0 bridgehead atoms. The molecule has 0 aliphatic heterocycles. The van der Waals surface area contributed by atoms with Crippen LogP contribution < -0.4 is 5.73 Å². The van der Waals surface area contributed by atoms with Gasteiger partial charge in [-0.15, -0.1) is 0 Å². The molecule has 94 valence electrons. The number of aryl methyl sites for hydroxylation is 2. The lowest BCUT2D eigenvalue weighted by atomic mass is 9.97. The summed E-state index contributed by atoms with van der Waals surface area (Å²) in [5, 5.41) is 0. The highest BCUT2D eigenvalue weighted by atomic mass is 19.1. The molecule has 0 heterocycles. The third-order valence-electron chi connectivity index (χ3n) is 3.10. The number of hydrogen-bond acceptors (Lipinski definition) is 1. The quantitative estimate of drug-likeness (QED) is 0.861. The average Bonchev–Trinajstić information content (AvgIpc) is 2.35. The van der Waals surface area contributed by atoms with E-state index in [2.05, 4.69) is 0 Å². The van der Waals surface area contributed by atoms with Crippen LogP contribution in [0.1, 0.15) is 28.3 Å². The van der Waals surface area contributed by atoms with Gasteiger partial charge in [-0.25, -0.2) is 8.78 Å². The normalized spacial score (nSPS) is 12.5. The van der Waals surface area contributed by atoms with Crippen molar-refractivity contribution in [3.05, 3.63) is 70.3 Å². The highest BCUT2D eigenvalue weighted by Gasteiger charge is 2.11. The molecule has 0 aliphatic rings. The number of halogens is 2. The minimum Gasteiger partial charge on any atom is -0.320 e. The van der Waals surface area contributed by atoms with E-state index >= 15 is 0 Å². The summed E-state index contributed by atoms with van der Waals surface area (Å²) in [6.45, 7) is 3.38. The molecule has 0 spiro atoms. The third-order valence-corrected chi connectivity index (χ3v) is 3.10. The molecule has 1 nitrogen and oxygen atoms in total. The number of rotatable bonds is 2. The van der Waals surface area contributed by atoms with E-state index < -0.39 is 6.04 Å². The summed E-state index contributed by atoms with van der Waals surface area (Å²) in [5.74, 6) is -0.539. The molecule has 2 rings (SSSR count). The first-order chi connectivity index (χ1) is 8.49. The van der Waals surface area contributed by atoms with Crippen LogP contribution in [0.25, 0.3) is 0 Å². The maximum absolute atomic E-state index is 13.5. The van der Waals surface area contributed by atoms with Crippen molar-refractivity contribution in [1.29, 1.82) is 0 Å². The van der Waals surface area contributed by atoms with Gasteiger partial charge in [0.1, 0.15) is 11.6 Å². The zero-order valence-corrected chi connectivity index (χ0v) is 10.4. The summed E-state index contributed by atoms with van der Waals surface area (Å²) >= 11 is 0. The molecule has 0 aliphatic carbocycles. The molecule has 1 unspecified atom stereocenters. The Hall–Kier alpha value is -1.74. The predicted molar refractivity (Wildman–Crippen MR) is 68.3 cm³/mol. The van der Waals surface area contributed by atoms with E-state index in [9.17, 15) is 8.78 Å². The molecule has 0 saturated heterocycles. The van der Waals surface area contributed by atoms with E-state index in [0.717, 1.165) is 5.56 Å². The van der Waals surface area contributed by atoms with Crippen LogP contribution in [-0.2, 0) is 0 Å². The fourth-order valence-electron chi connectivity index (χ4n) is 1.86. The zero-order valence-electron chi connectivity index (χ0n) is 10.4. The Morgan fingerprint density at radius 1 is 0.833 bits per heavy atom. The number of benzene rings is 2. The van der Waals surface area contributed by atoms with Gasteiger partial charge in [-0.05, 0) is 48.2 Å². The van der Waals surface area contributed by atoms with E-state index in [1.165, 1.54) is 12.1 Å². The van der Waals surface area contributed by atoms with Crippen LogP contribution in [0.2, 0.25) is 0 Å². The molecule has 1 atom stereocenters. The Labute approximate surface area is 105 Å². The van der Waals surface area contributed by atoms with Gasteiger partial charge in [-0.2, -0.15) is 0 Å². The largest absolute Gasteiger partial charge is 0.320 e. The van der Waals surface area contributed by atoms with Gasteiger partial charge < -0.3 is 5.73 Å². The molecular weight excluding hydrogens is 232 g/mol. The maximum Gasteiger partial charge on any atom is 0.126 e. The van der Waals surface area contributed by atoms with Crippen molar-refractivity contribution in [2.75, 3.05) is 0 Å². The van der Waals surface area contributed by atoms with E-state index in [0.29, 0.717) is 16.7 Å². The Morgan fingerprint density at radius 2 is 1.44 bits per heavy atom. The highest BCUT2D eigenvalue weighted by molar-refractivity contribution is 5.35. The Kier molecular flexibility index (Phi) is 3.43. The van der Waals surface area contributed by atoms with Crippen LogP contribution >= 0.6 is 0 Å². The topological polar surface area (TPSA) is 26.0 Å². The second-order valence-corrected chi connectivity index (χ2v) is 4.49. The molecule has 3 heteroatoms. The third kappa shape index (κ3) is 2.41. The van der Waals surface area contributed by atoms with Gasteiger partial charge in [0.25, 0.3) is 0 Å². The first-order valence-corrected chi connectivity index (χ1v) is 5.76. The van der Waals surface area contributed by atoms with Crippen molar-refractivity contribution in [2.24, 2.45) is 5.73 Å². The van der Waals surface area contributed by atoms with E-state index in [1.54, 1.807) is 38.1 Å². The SMILES string of the molecule is Cc1cc(C(N)c2ccc(C)c(F)c2)ccc1F. The molecule has 0 saturated carbocycles. The van der Waals surface area contributed by atoms with Gasteiger partial charge in [0.15, 0.2) is 0 Å². The van der Waals surface area contributed by atoms with Crippen molar-refractivity contribution in [2.45, 2.75) is 19.9 Å². The van der Waals surface area contributed by atoms with Crippen molar-refractivity contribution < 1.29 is 8.78 Å². The molecule has 0 fully saturated rings. The molecule has 0 amide bonds. The smallest absolute Gasteiger partial charge is 0.126 e. The summed E-state index contributed by atoms with van der Waals surface area (Å²) in [4.78, 5) is 0. The van der Waals surface area contributed by atoms with Gasteiger partial charge in [-0.3, -0.25) is 0 Å². The van der Waals surface area contributed by atoms with Gasteiger partial charge in [0, 0.05) is 0 Å². The Bertz CT molecular complexity index is 527. The molecule has 2 aromatic carbocycles. The lowest BCUT2D eigenvalue weighted by Crippen LogP contribution is -2.12. The molecular formula is C15H15F2N. The molecule has 2 N–H and O–H groups in total. The lowest BCUT2D eigenvalue weighted by Gasteiger charge is -2.14. The summed E-state index contributed by atoms with van der Waals surface area (Å²) in [5.41, 5.74) is 8.65. The first-order valence-electron chi connectivity index (χ1n) is 5.76. The monoisotopic (exact) mass is 247 g/mol. The fourth-order valence-corrected chi connectivity index (χ4v) is 1.86. The molecule has 2 aromatic rings. The zero-order chi connectivity index (χ0) is 13.3. The van der Waals surface area contributed by atoms with Crippen LogP contribution in [0.15, 0.2) is 36.4 Å². The summed E-state index contributed by atoms with van der Waals surface area (Å²) in [6, 6.07) is 9.18. The Balaban J connectivity index is 2.37.